The Morgan fingerprint density at radius 3 is 2.36 bits per heavy atom. The van der Waals surface area contributed by atoms with E-state index in [1.54, 1.807) is 0 Å². The molecule has 0 aliphatic rings. The van der Waals surface area contributed by atoms with Gasteiger partial charge in [0.15, 0.2) is 0 Å². The third kappa shape index (κ3) is 2.30. The molecule has 0 spiro atoms. The summed E-state index contributed by atoms with van der Waals surface area (Å²) in [7, 11) is -4.40. The molecule has 0 bridgehead atoms. The van der Waals surface area contributed by atoms with Crippen LogP contribution in [0.15, 0.2) is 18.2 Å². The molecule has 0 fully saturated rings. The molecule has 0 unspecified atom stereocenters. The Bertz CT molecular complexity index is 428. The summed E-state index contributed by atoms with van der Waals surface area (Å²) in [5, 5.41) is 9.67. The largest absolute Gasteiger partial charge is 0.356 e. The van der Waals surface area contributed by atoms with Crippen molar-refractivity contribution in [3.8, 4) is 0 Å². The Kier molecular flexibility index (Phi) is 2.92. The standard InChI is InChI=1S/C6H5ClNO5P/c7-5-3-4(14(11,12)13)1-2-6(5)8(9)10/h1-3H,(H2,11,12,13). The predicted molar refractivity (Wildman–Crippen MR) is 49.8 cm³/mol. The number of halogens is 1. The van der Waals surface area contributed by atoms with Crippen molar-refractivity contribution < 1.29 is 19.3 Å². The molecule has 8 heteroatoms. The quantitative estimate of drug-likeness (QED) is 0.455. The van der Waals surface area contributed by atoms with Crippen LogP contribution in [-0.4, -0.2) is 14.7 Å². The van der Waals surface area contributed by atoms with Crippen molar-refractivity contribution in [2.24, 2.45) is 0 Å². The number of rotatable bonds is 2. The Balaban J connectivity index is 3.27. The summed E-state index contributed by atoms with van der Waals surface area (Å²) in [5.41, 5.74) is -0.385. The minimum Gasteiger partial charge on any atom is -0.321 e. The summed E-state index contributed by atoms with van der Waals surface area (Å²) < 4.78 is 10.7. The molecule has 6 nitrogen and oxygen atoms in total. The van der Waals surface area contributed by atoms with Gasteiger partial charge in [0.25, 0.3) is 5.69 Å². The van der Waals surface area contributed by atoms with Crippen LogP contribution in [-0.2, 0) is 4.57 Å². The van der Waals surface area contributed by atoms with Crippen molar-refractivity contribution >= 4 is 30.2 Å². The zero-order chi connectivity index (χ0) is 10.9. The first kappa shape index (κ1) is 11.1. The van der Waals surface area contributed by atoms with Gasteiger partial charge in [0.05, 0.1) is 10.2 Å². The second-order valence-corrected chi connectivity index (χ2v) is 4.45. The van der Waals surface area contributed by atoms with E-state index in [0.29, 0.717) is 0 Å². The number of hydrogen-bond acceptors (Lipinski definition) is 3. The van der Waals surface area contributed by atoms with Gasteiger partial charge in [-0.05, 0) is 12.1 Å². The van der Waals surface area contributed by atoms with Crippen LogP contribution in [0.3, 0.4) is 0 Å². The van der Waals surface area contributed by atoms with Gasteiger partial charge in [-0.3, -0.25) is 14.7 Å². The molecule has 1 rings (SSSR count). The highest BCUT2D eigenvalue weighted by Gasteiger charge is 2.21. The summed E-state index contributed by atoms with van der Waals surface area (Å²) in [5.74, 6) is 0. The second-order valence-electron chi connectivity index (χ2n) is 2.44. The maximum absolute atomic E-state index is 10.7. The van der Waals surface area contributed by atoms with E-state index in [1.807, 2.05) is 0 Å². The van der Waals surface area contributed by atoms with Crippen LogP contribution >= 0.6 is 19.2 Å². The first-order chi connectivity index (χ1) is 6.32. The van der Waals surface area contributed by atoms with Crippen LogP contribution in [0.4, 0.5) is 5.69 Å². The Morgan fingerprint density at radius 1 is 1.43 bits per heavy atom. The van der Waals surface area contributed by atoms with E-state index < -0.39 is 12.5 Å². The van der Waals surface area contributed by atoms with Crippen LogP contribution < -0.4 is 5.30 Å². The van der Waals surface area contributed by atoms with Crippen molar-refractivity contribution in [2.45, 2.75) is 0 Å². The normalized spacial score (nSPS) is 11.4. The smallest absolute Gasteiger partial charge is 0.321 e. The fourth-order valence-corrected chi connectivity index (χ4v) is 1.72. The molecule has 0 amide bonds. The lowest BCUT2D eigenvalue weighted by molar-refractivity contribution is -0.384. The van der Waals surface area contributed by atoms with Crippen molar-refractivity contribution in [2.75, 3.05) is 0 Å². The Hall–Kier alpha value is -0.940. The van der Waals surface area contributed by atoms with Crippen LogP contribution in [0.25, 0.3) is 0 Å². The fraction of sp³-hybridized carbons (Fsp3) is 0. The van der Waals surface area contributed by atoms with Crippen molar-refractivity contribution in [1.82, 2.24) is 0 Å². The molecule has 0 saturated heterocycles. The molecule has 0 radical (unpaired) electrons. The number of nitro groups is 1. The highest BCUT2D eigenvalue weighted by molar-refractivity contribution is 7.60. The van der Waals surface area contributed by atoms with E-state index >= 15 is 0 Å². The topological polar surface area (TPSA) is 101 Å². The van der Waals surface area contributed by atoms with Gasteiger partial charge in [-0.2, -0.15) is 0 Å². The molecule has 0 heterocycles. The molecule has 0 aromatic heterocycles. The Labute approximate surface area is 83.4 Å². The highest BCUT2D eigenvalue weighted by atomic mass is 35.5. The van der Waals surface area contributed by atoms with Crippen molar-refractivity contribution in [3.63, 3.8) is 0 Å². The number of nitrogens with zero attached hydrogens (tertiary/aromatic N) is 1. The van der Waals surface area contributed by atoms with Crippen LogP contribution in [0.2, 0.25) is 5.02 Å². The summed E-state index contributed by atoms with van der Waals surface area (Å²) in [6.45, 7) is 0. The van der Waals surface area contributed by atoms with Gasteiger partial charge in [0, 0.05) is 6.07 Å². The summed E-state index contributed by atoms with van der Waals surface area (Å²) in [6.07, 6.45) is 0. The van der Waals surface area contributed by atoms with Crippen LogP contribution in [0.1, 0.15) is 0 Å². The zero-order valence-electron chi connectivity index (χ0n) is 6.62. The number of hydrogen-bond donors (Lipinski definition) is 2. The van der Waals surface area contributed by atoms with Gasteiger partial charge in [-0.1, -0.05) is 11.6 Å². The second kappa shape index (κ2) is 3.67. The van der Waals surface area contributed by atoms with E-state index in [9.17, 15) is 14.7 Å². The van der Waals surface area contributed by atoms with E-state index in [-0.39, 0.29) is 16.0 Å². The molecule has 0 saturated carbocycles. The highest BCUT2D eigenvalue weighted by Crippen LogP contribution is 2.35. The lowest BCUT2D eigenvalue weighted by Crippen LogP contribution is -2.04. The van der Waals surface area contributed by atoms with Crippen LogP contribution in [0, 0.1) is 10.1 Å². The first-order valence-corrected chi connectivity index (χ1v) is 5.31. The Morgan fingerprint density at radius 2 is 2.00 bits per heavy atom. The lowest BCUT2D eigenvalue weighted by Gasteiger charge is -2.03. The SMILES string of the molecule is O=[N+]([O-])c1ccc(P(=O)(O)O)cc1Cl. The molecular formula is C6H5ClNO5P. The van der Waals surface area contributed by atoms with Crippen LogP contribution in [0.5, 0.6) is 0 Å². The molecule has 14 heavy (non-hydrogen) atoms. The van der Waals surface area contributed by atoms with E-state index in [4.69, 9.17) is 21.4 Å². The molecule has 1 aromatic rings. The van der Waals surface area contributed by atoms with Gasteiger partial charge in [0.1, 0.15) is 5.02 Å². The summed E-state index contributed by atoms with van der Waals surface area (Å²) >= 11 is 5.45. The zero-order valence-corrected chi connectivity index (χ0v) is 8.27. The summed E-state index contributed by atoms with van der Waals surface area (Å²) in [4.78, 5) is 27.0. The maximum Gasteiger partial charge on any atom is 0.356 e. The molecule has 0 atom stereocenters. The first-order valence-electron chi connectivity index (χ1n) is 3.32. The fourth-order valence-electron chi connectivity index (χ4n) is 0.825. The van der Waals surface area contributed by atoms with E-state index in [2.05, 4.69) is 0 Å². The molecule has 1 aromatic carbocycles. The van der Waals surface area contributed by atoms with E-state index in [0.717, 1.165) is 18.2 Å². The molecule has 0 aliphatic heterocycles. The average Bonchev–Trinajstić information content (AvgIpc) is 2.01. The minimum atomic E-state index is -4.40. The number of benzene rings is 1. The van der Waals surface area contributed by atoms with E-state index in [1.165, 1.54) is 0 Å². The monoisotopic (exact) mass is 237 g/mol. The molecule has 2 N–H and O–H groups in total. The van der Waals surface area contributed by atoms with Gasteiger partial charge < -0.3 is 9.79 Å². The number of nitro benzene ring substituents is 1. The molecular weight excluding hydrogens is 232 g/mol. The van der Waals surface area contributed by atoms with Gasteiger partial charge in [-0.25, -0.2) is 0 Å². The maximum atomic E-state index is 10.7. The minimum absolute atomic E-state index is 0.296. The third-order valence-electron chi connectivity index (χ3n) is 1.46. The molecule has 0 aliphatic carbocycles. The third-order valence-corrected chi connectivity index (χ3v) is 2.72. The van der Waals surface area contributed by atoms with Gasteiger partial charge >= 0.3 is 7.60 Å². The van der Waals surface area contributed by atoms with Crippen molar-refractivity contribution in [1.29, 1.82) is 0 Å². The summed E-state index contributed by atoms with van der Waals surface area (Å²) in [6, 6.07) is 2.82. The predicted octanol–water partition coefficient (Wildman–Crippen LogP) is 1.05. The van der Waals surface area contributed by atoms with Gasteiger partial charge in [0.2, 0.25) is 0 Å². The van der Waals surface area contributed by atoms with Gasteiger partial charge in [-0.15, -0.1) is 0 Å². The van der Waals surface area contributed by atoms with Crippen molar-refractivity contribution in [3.05, 3.63) is 33.3 Å². The molecule has 76 valence electrons. The lowest BCUT2D eigenvalue weighted by atomic mass is 10.3. The average molecular weight is 238 g/mol.